The van der Waals surface area contributed by atoms with Crippen molar-refractivity contribution >= 4 is 29.2 Å². The molecule has 0 radical (unpaired) electrons. The van der Waals surface area contributed by atoms with Gasteiger partial charge in [-0.3, -0.25) is 9.89 Å². The van der Waals surface area contributed by atoms with Crippen molar-refractivity contribution in [2.45, 2.75) is 12.6 Å². The second-order valence-electron chi connectivity index (χ2n) is 7.47. The van der Waals surface area contributed by atoms with Crippen LogP contribution in [0.3, 0.4) is 0 Å². The molecule has 0 saturated carbocycles. The Morgan fingerprint density at radius 2 is 1.89 bits per heavy atom. The number of carboxylic acid groups (broad SMARTS) is 1. The number of ether oxygens (including phenoxy) is 1. The van der Waals surface area contributed by atoms with Gasteiger partial charge < -0.3 is 20.1 Å². The van der Waals surface area contributed by atoms with E-state index in [2.05, 4.69) is 15.5 Å². The van der Waals surface area contributed by atoms with Crippen molar-refractivity contribution in [2.24, 2.45) is 0 Å². The quantitative estimate of drug-likeness (QED) is 0.410. The topological polar surface area (TPSA) is 108 Å². The molecule has 1 aromatic heterocycles. The van der Waals surface area contributed by atoms with E-state index in [0.717, 1.165) is 23.2 Å². The highest BCUT2D eigenvalue weighted by atomic mass is 35.5. The van der Waals surface area contributed by atoms with E-state index in [0.29, 0.717) is 23.1 Å². The van der Waals surface area contributed by atoms with Crippen LogP contribution in [-0.4, -0.2) is 65.5 Å². The number of carboxylic acids is 1. The fraction of sp³-hybridized carbons (Fsp3) is 0.261. The summed E-state index contributed by atoms with van der Waals surface area (Å²) < 4.78 is 37.7. The van der Waals surface area contributed by atoms with Gasteiger partial charge in [0.2, 0.25) is 5.91 Å². The predicted octanol–water partition coefficient (Wildman–Crippen LogP) is 4.49. The number of carbonyl (C=O) groups excluding carboxylic acids is 1. The third-order valence-electron chi connectivity index (χ3n) is 4.42. The highest BCUT2D eigenvalue weighted by molar-refractivity contribution is 6.31. The lowest BCUT2D eigenvalue weighted by Crippen LogP contribution is -2.21. The first-order valence-corrected chi connectivity index (χ1v) is 10.6. The summed E-state index contributed by atoms with van der Waals surface area (Å²) in [5.41, 5.74) is 3.30. The minimum absolute atomic E-state index is 0.136. The maximum absolute atomic E-state index is 12.4. The second kappa shape index (κ2) is 12.8. The molecule has 2 aromatic carbocycles. The van der Waals surface area contributed by atoms with Crippen LogP contribution in [0.4, 0.5) is 18.9 Å². The molecule has 1 heterocycles. The van der Waals surface area contributed by atoms with Crippen molar-refractivity contribution in [3.05, 3.63) is 65.4 Å². The molecule has 1 amide bonds. The van der Waals surface area contributed by atoms with E-state index < -0.39 is 12.1 Å². The molecule has 188 valence electrons. The zero-order chi connectivity index (χ0) is 26.0. The predicted molar refractivity (Wildman–Crippen MR) is 126 cm³/mol. The second-order valence-corrected chi connectivity index (χ2v) is 7.88. The average Bonchev–Trinajstić information content (AvgIpc) is 3.30. The number of aromatic nitrogens is 2. The van der Waals surface area contributed by atoms with E-state index in [1.54, 1.807) is 12.3 Å². The smallest absolute Gasteiger partial charge is 0.490 e. The molecule has 0 fully saturated rings. The minimum Gasteiger partial charge on any atom is -0.492 e. The molecule has 3 N–H and O–H groups in total. The van der Waals surface area contributed by atoms with Crippen LogP contribution >= 0.6 is 11.6 Å². The summed E-state index contributed by atoms with van der Waals surface area (Å²) in [7, 11) is 3.98. The zero-order valence-electron chi connectivity index (χ0n) is 18.9. The van der Waals surface area contributed by atoms with Crippen molar-refractivity contribution < 1.29 is 32.6 Å². The number of aromatic amines is 1. The summed E-state index contributed by atoms with van der Waals surface area (Å²) >= 11 is 6.14. The van der Waals surface area contributed by atoms with Gasteiger partial charge in [0.05, 0.1) is 12.6 Å². The molecule has 3 aromatic rings. The fourth-order valence-corrected chi connectivity index (χ4v) is 2.92. The summed E-state index contributed by atoms with van der Waals surface area (Å²) in [4.78, 5) is 23.4. The molecule has 0 bridgehead atoms. The Hall–Kier alpha value is -3.57. The van der Waals surface area contributed by atoms with Gasteiger partial charge in [-0.1, -0.05) is 29.8 Å². The SMILES string of the molecule is CN(C)CCOc1cc(NC(=O)Cc2ccccc2Cl)ccc1-c1cn[nH]c1.O=C(O)C(F)(F)F. The van der Waals surface area contributed by atoms with Crippen LogP contribution in [0.25, 0.3) is 11.1 Å². The lowest BCUT2D eigenvalue weighted by atomic mass is 10.1. The van der Waals surface area contributed by atoms with Crippen molar-refractivity contribution in [3.8, 4) is 16.9 Å². The molecule has 0 unspecified atom stereocenters. The number of nitrogens with zero attached hydrogens (tertiary/aromatic N) is 2. The van der Waals surface area contributed by atoms with Crippen LogP contribution in [0, 0.1) is 0 Å². The van der Waals surface area contributed by atoms with Gasteiger partial charge in [-0.05, 0) is 37.9 Å². The maximum atomic E-state index is 12.4. The number of likely N-dealkylation sites (N-methyl/N-ethyl adjacent to an activating group) is 1. The number of benzene rings is 2. The lowest BCUT2D eigenvalue weighted by molar-refractivity contribution is -0.192. The van der Waals surface area contributed by atoms with Gasteiger partial charge in [-0.2, -0.15) is 18.3 Å². The summed E-state index contributed by atoms with van der Waals surface area (Å²) in [5, 5.41) is 17.4. The van der Waals surface area contributed by atoms with E-state index in [1.165, 1.54) is 0 Å². The van der Waals surface area contributed by atoms with E-state index in [-0.39, 0.29) is 12.3 Å². The summed E-state index contributed by atoms with van der Waals surface area (Å²) in [6, 6.07) is 12.9. The van der Waals surface area contributed by atoms with Crippen LogP contribution in [0.5, 0.6) is 5.75 Å². The molecular formula is C23H24ClF3N4O4. The van der Waals surface area contributed by atoms with Crippen LogP contribution in [-0.2, 0) is 16.0 Å². The van der Waals surface area contributed by atoms with Gasteiger partial charge >= 0.3 is 12.1 Å². The van der Waals surface area contributed by atoms with Gasteiger partial charge in [0, 0.05) is 40.6 Å². The van der Waals surface area contributed by atoms with Crippen LogP contribution in [0.1, 0.15) is 5.56 Å². The lowest BCUT2D eigenvalue weighted by Gasteiger charge is -2.15. The molecule has 0 aliphatic carbocycles. The molecule has 8 nitrogen and oxygen atoms in total. The Balaban J connectivity index is 0.000000540. The van der Waals surface area contributed by atoms with Gasteiger partial charge in [-0.25, -0.2) is 4.79 Å². The van der Waals surface area contributed by atoms with Crippen molar-refractivity contribution in [1.82, 2.24) is 15.1 Å². The number of halogens is 4. The van der Waals surface area contributed by atoms with Crippen LogP contribution in [0.2, 0.25) is 5.02 Å². The number of amides is 1. The number of anilines is 1. The monoisotopic (exact) mass is 512 g/mol. The van der Waals surface area contributed by atoms with E-state index in [4.69, 9.17) is 26.2 Å². The van der Waals surface area contributed by atoms with Crippen LogP contribution in [0.15, 0.2) is 54.9 Å². The number of aliphatic carboxylic acids is 1. The zero-order valence-corrected chi connectivity index (χ0v) is 19.7. The number of nitrogens with one attached hydrogen (secondary N) is 2. The molecule has 0 saturated heterocycles. The largest absolute Gasteiger partial charge is 0.492 e. The highest BCUT2D eigenvalue weighted by Gasteiger charge is 2.38. The first-order chi connectivity index (χ1) is 16.5. The molecule has 12 heteroatoms. The molecule has 0 atom stereocenters. The van der Waals surface area contributed by atoms with Gasteiger partial charge in [0.15, 0.2) is 0 Å². The summed E-state index contributed by atoms with van der Waals surface area (Å²) in [5.74, 6) is -2.20. The highest BCUT2D eigenvalue weighted by Crippen LogP contribution is 2.32. The maximum Gasteiger partial charge on any atom is 0.490 e. The fourth-order valence-electron chi connectivity index (χ4n) is 2.71. The molecular weight excluding hydrogens is 489 g/mol. The van der Waals surface area contributed by atoms with Crippen molar-refractivity contribution in [3.63, 3.8) is 0 Å². The van der Waals surface area contributed by atoms with Gasteiger partial charge in [0.25, 0.3) is 0 Å². The standard InChI is InChI=1S/C21H23ClN4O2.C2HF3O2/c1-26(2)9-10-28-20-12-17(7-8-18(20)16-13-23-24-14-16)25-21(27)11-15-5-3-4-6-19(15)22;3-2(4,5)1(6)7/h3-8,12-14H,9-11H2,1-2H3,(H,23,24)(H,25,27);(H,6,7). The summed E-state index contributed by atoms with van der Waals surface area (Å²) in [6.45, 7) is 1.32. The van der Waals surface area contributed by atoms with E-state index in [9.17, 15) is 18.0 Å². The molecule has 0 aliphatic rings. The Labute approximate surface area is 204 Å². The molecule has 35 heavy (non-hydrogen) atoms. The normalized spacial score (nSPS) is 10.9. The molecule has 3 rings (SSSR count). The summed E-state index contributed by atoms with van der Waals surface area (Å²) in [6.07, 6.45) is -1.33. The first-order valence-electron chi connectivity index (χ1n) is 10.2. The number of hydrogen-bond donors (Lipinski definition) is 3. The molecule has 0 aliphatic heterocycles. The van der Waals surface area contributed by atoms with Crippen molar-refractivity contribution in [2.75, 3.05) is 32.6 Å². The van der Waals surface area contributed by atoms with Gasteiger partial charge in [-0.15, -0.1) is 0 Å². The van der Waals surface area contributed by atoms with Gasteiger partial charge in [0.1, 0.15) is 12.4 Å². The number of rotatable bonds is 8. The number of hydrogen-bond acceptors (Lipinski definition) is 5. The number of alkyl halides is 3. The average molecular weight is 513 g/mol. The third kappa shape index (κ3) is 9.30. The minimum atomic E-state index is -5.08. The Morgan fingerprint density at radius 1 is 1.20 bits per heavy atom. The Bertz CT molecular complexity index is 1120. The third-order valence-corrected chi connectivity index (χ3v) is 4.79. The Kier molecular flexibility index (Phi) is 10.1. The molecule has 0 spiro atoms. The van der Waals surface area contributed by atoms with Crippen LogP contribution < -0.4 is 10.1 Å². The number of carbonyl (C=O) groups is 2. The van der Waals surface area contributed by atoms with Crippen molar-refractivity contribution in [1.29, 1.82) is 0 Å². The first kappa shape index (κ1) is 27.7. The Morgan fingerprint density at radius 3 is 2.46 bits per heavy atom. The number of H-pyrrole nitrogens is 1. The van der Waals surface area contributed by atoms with E-state index in [1.807, 2.05) is 61.6 Å². The van der Waals surface area contributed by atoms with E-state index >= 15 is 0 Å².